The zero-order chi connectivity index (χ0) is 18.8. The predicted octanol–water partition coefficient (Wildman–Crippen LogP) is 4.99. The van der Waals surface area contributed by atoms with Crippen LogP contribution in [0, 0.1) is 19.8 Å². The van der Waals surface area contributed by atoms with Crippen molar-refractivity contribution in [3.8, 4) is 16.3 Å². The Morgan fingerprint density at radius 3 is 2.58 bits per heavy atom. The third kappa shape index (κ3) is 3.73. The van der Waals surface area contributed by atoms with Crippen LogP contribution in [0.2, 0.25) is 0 Å². The molecule has 1 atom stereocenters. The lowest BCUT2D eigenvalue weighted by Crippen LogP contribution is -2.37. The van der Waals surface area contributed by atoms with Gasteiger partial charge in [0.2, 0.25) is 0 Å². The van der Waals surface area contributed by atoms with Crippen molar-refractivity contribution in [2.45, 2.75) is 40.7 Å². The summed E-state index contributed by atoms with van der Waals surface area (Å²) in [4.78, 5) is 14.0. The molecular formula is C21H25N3OS. The number of carbonyl (C=O) groups is 1. The molecule has 0 bridgehead atoms. The topological polar surface area (TPSA) is 46.9 Å². The quantitative estimate of drug-likeness (QED) is 0.690. The lowest BCUT2D eigenvalue weighted by Gasteiger charge is -2.18. The van der Waals surface area contributed by atoms with Gasteiger partial charge in [-0.15, -0.1) is 11.3 Å². The first-order valence-electron chi connectivity index (χ1n) is 8.89. The van der Waals surface area contributed by atoms with Crippen LogP contribution in [0.15, 0.2) is 41.8 Å². The Kier molecular flexibility index (Phi) is 5.28. The van der Waals surface area contributed by atoms with Crippen molar-refractivity contribution in [1.82, 2.24) is 15.1 Å². The maximum absolute atomic E-state index is 13.0. The first kappa shape index (κ1) is 18.4. The molecule has 0 saturated heterocycles. The fourth-order valence-corrected chi connectivity index (χ4v) is 3.35. The molecule has 1 unspecified atom stereocenters. The number of rotatable bonds is 5. The van der Waals surface area contributed by atoms with E-state index in [1.165, 1.54) is 0 Å². The Labute approximate surface area is 158 Å². The fraction of sp³-hybridized carbons (Fsp3) is 0.333. The van der Waals surface area contributed by atoms with Gasteiger partial charge in [-0.05, 0) is 61.4 Å². The summed E-state index contributed by atoms with van der Waals surface area (Å²) >= 11 is 1.62. The SMILES string of the molecule is Cc1ccc(C)c(-n2nc(-c3cccs3)cc2C(=O)NC(C)C(C)C)c1. The summed E-state index contributed by atoms with van der Waals surface area (Å²) in [5.41, 5.74) is 4.55. The number of benzene rings is 1. The van der Waals surface area contributed by atoms with Crippen LogP contribution in [0.4, 0.5) is 0 Å². The Morgan fingerprint density at radius 1 is 1.15 bits per heavy atom. The van der Waals surface area contributed by atoms with Crippen LogP contribution in [0.25, 0.3) is 16.3 Å². The van der Waals surface area contributed by atoms with Gasteiger partial charge in [0.1, 0.15) is 11.4 Å². The molecule has 5 heteroatoms. The predicted molar refractivity (Wildman–Crippen MR) is 108 cm³/mol. The van der Waals surface area contributed by atoms with E-state index in [9.17, 15) is 4.79 Å². The third-order valence-electron chi connectivity index (χ3n) is 4.67. The summed E-state index contributed by atoms with van der Waals surface area (Å²) in [6.07, 6.45) is 0. The van der Waals surface area contributed by atoms with Crippen LogP contribution in [-0.2, 0) is 0 Å². The van der Waals surface area contributed by atoms with E-state index in [-0.39, 0.29) is 11.9 Å². The minimum Gasteiger partial charge on any atom is -0.348 e. The highest BCUT2D eigenvalue weighted by atomic mass is 32.1. The molecule has 0 spiro atoms. The number of nitrogens with zero attached hydrogens (tertiary/aromatic N) is 2. The lowest BCUT2D eigenvalue weighted by molar-refractivity contribution is 0.0922. The van der Waals surface area contributed by atoms with Gasteiger partial charge in [-0.2, -0.15) is 5.10 Å². The molecule has 3 aromatic rings. The minimum absolute atomic E-state index is 0.0923. The first-order chi connectivity index (χ1) is 12.4. The molecule has 1 aromatic carbocycles. The zero-order valence-electron chi connectivity index (χ0n) is 15.9. The molecule has 136 valence electrons. The highest BCUT2D eigenvalue weighted by Gasteiger charge is 2.21. The summed E-state index contributed by atoms with van der Waals surface area (Å²) in [7, 11) is 0. The van der Waals surface area contributed by atoms with Gasteiger partial charge in [0.05, 0.1) is 10.6 Å². The first-order valence-corrected chi connectivity index (χ1v) is 9.77. The monoisotopic (exact) mass is 367 g/mol. The van der Waals surface area contributed by atoms with E-state index < -0.39 is 0 Å². The van der Waals surface area contributed by atoms with E-state index >= 15 is 0 Å². The van der Waals surface area contributed by atoms with E-state index in [0.29, 0.717) is 11.6 Å². The standard InChI is InChI=1S/C21H25N3OS/c1-13(2)16(5)22-21(25)19-12-17(20-7-6-10-26-20)23-24(19)18-11-14(3)8-9-15(18)4/h6-13,16H,1-5H3,(H,22,25). The molecular weight excluding hydrogens is 342 g/mol. The van der Waals surface area contributed by atoms with Gasteiger partial charge in [0.15, 0.2) is 0 Å². The van der Waals surface area contributed by atoms with Crippen molar-refractivity contribution < 1.29 is 4.79 Å². The Hall–Kier alpha value is -2.40. The highest BCUT2D eigenvalue weighted by Crippen LogP contribution is 2.27. The molecule has 1 N–H and O–H groups in total. The lowest BCUT2D eigenvalue weighted by atomic mass is 10.1. The summed E-state index contributed by atoms with van der Waals surface area (Å²) < 4.78 is 1.78. The zero-order valence-corrected chi connectivity index (χ0v) is 16.7. The Morgan fingerprint density at radius 2 is 1.92 bits per heavy atom. The average molecular weight is 368 g/mol. The molecule has 0 saturated carbocycles. The molecule has 3 rings (SSSR count). The van der Waals surface area contributed by atoms with Gasteiger partial charge in [-0.25, -0.2) is 4.68 Å². The highest BCUT2D eigenvalue weighted by molar-refractivity contribution is 7.13. The molecule has 26 heavy (non-hydrogen) atoms. The third-order valence-corrected chi connectivity index (χ3v) is 5.56. The molecule has 2 heterocycles. The van der Waals surface area contributed by atoms with Gasteiger partial charge in [0.25, 0.3) is 5.91 Å². The number of thiophene rings is 1. The molecule has 2 aromatic heterocycles. The summed E-state index contributed by atoms with van der Waals surface area (Å²) in [6, 6.07) is 12.2. The van der Waals surface area contributed by atoms with Gasteiger partial charge in [0, 0.05) is 6.04 Å². The van der Waals surface area contributed by atoms with Crippen LogP contribution < -0.4 is 5.32 Å². The number of amides is 1. The van der Waals surface area contributed by atoms with Crippen LogP contribution in [0.1, 0.15) is 42.4 Å². The van der Waals surface area contributed by atoms with E-state index in [0.717, 1.165) is 27.4 Å². The number of nitrogens with one attached hydrogen (secondary N) is 1. The number of aryl methyl sites for hydroxylation is 2. The molecule has 1 amide bonds. The van der Waals surface area contributed by atoms with Crippen LogP contribution >= 0.6 is 11.3 Å². The van der Waals surface area contributed by atoms with E-state index in [1.807, 2.05) is 44.4 Å². The van der Waals surface area contributed by atoms with Gasteiger partial charge >= 0.3 is 0 Å². The van der Waals surface area contributed by atoms with Crippen molar-refractivity contribution in [2.75, 3.05) is 0 Å². The molecule has 0 aliphatic heterocycles. The maximum atomic E-state index is 13.0. The van der Waals surface area contributed by atoms with E-state index in [1.54, 1.807) is 16.0 Å². The van der Waals surface area contributed by atoms with E-state index in [4.69, 9.17) is 5.10 Å². The van der Waals surface area contributed by atoms with Crippen molar-refractivity contribution in [3.05, 3.63) is 58.6 Å². The van der Waals surface area contributed by atoms with Crippen molar-refractivity contribution in [3.63, 3.8) is 0 Å². The average Bonchev–Trinajstić information content (AvgIpc) is 3.25. The molecule has 0 aliphatic carbocycles. The molecule has 0 aliphatic rings. The van der Waals surface area contributed by atoms with Gasteiger partial charge in [-0.3, -0.25) is 4.79 Å². The van der Waals surface area contributed by atoms with Crippen molar-refractivity contribution >= 4 is 17.2 Å². The molecule has 0 radical (unpaired) electrons. The smallest absolute Gasteiger partial charge is 0.270 e. The maximum Gasteiger partial charge on any atom is 0.270 e. The number of aromatic nitrogens is 2. The Bertz CT molecular complexity index is 909. The van der Waals surface area contributed by atoms with Gasteiger partial charge < -0.3 is 5.32 Å². The van der Waals surface area contributed by atoms with Crippen molar-refractivity contribution in [1.29, 1.82) is 0 Å². The summed E-state index contributed by atoms with van der Waals surface area (Å²) in [5, 5.41) is 9.89. The second-order valence-corrected chi connectivity index (χ2v) is 8.05. The van der Waals surface area contributed by atoms with Crippen molar-refractivity contribution in [2.24, 2.45) is 5.92 Å². The Balaban J connectivity index is 2.09. The van der Waals surface area contributed by atoms with E-state index in [2.05, 4.69) is 37.4 Å². The molecule has 4 nitrogen and oxygen atoms in total. The number of hydrogen-bond acceptors (Lipinski definition) is 3. The second kappa shape index (κ2) is 7.46. The van der Waals surface area contributed by atoms with Crippen LogP contribution in [0.3, 0.4) is 0 Å². The normalized spacial score (nSPS) is 12.4. The van der Waals surface area contributed by atoms with Gasteiger partial charge in [-0.1, -0.05) is 32.0 Å². The second-order valence-electron chi connectivity index (χ2n) is 7.10. The minimum atomic E-state index is -0.0950. The largest absolute Gasteiger partial charge is 0.348 e. The summed E-state index contributed by atoms with van der Waals surface area (Å²) in [5.74, 6) is 0.273. The number of carbonyl (C=O) groups excluding carboxylic acids is 1. The summed E-state index contributed by atoms with van der Waals surface area (Å²) in [6.45, 7) is 10.3. The fourth-order valence-electron chi connectivity index (χ4n) is 2.67. The van der Waals surface area contributed by atoms with Crippen LogP contribution in [-0.4, -0.2) is 21.7 Å². The number of hydrogen-bond donors (Lipinski definition) is 1. The van der Waals surface area contributed by atoms with Crippen LogP contribution in [0.5, 0.6) is 0 Å². The molecule has 0 fully saturated rings.